The summed E-state index contributed by atoms with van der Waals surface area (Å²) in [6.45, 7) is 0. The number of rotatable bonds is 3. The molecule has 2 radical (unpaired) electrons. The smallest absolute Gasteiger partial charge is 0.266 e. The van der Waals surface area contributed by atoms with E-state index in [1.165, 1.54) is 30.3 Å². The first-order valence-electron chi connectivity index (χ1n) is 6.06. The molecule has 0 spiro atoms. The summed E-state index contributed by atoms with van der Waals surface area (Å²) in [4.78, 5) is 47.5. The predicted octanol–water partition coefficient (Wildman–Crippen LogP) is 1.40. The van der Waals surface area contributed by atoms with E-state index in [1.54, 1.807) is 24.7 Å². The van der Waals surface area contributed by atoms with Crippen molar-refractivity contribution in [3.63, 3.8) is 0 Å². The Hall–Kier alpha value is -3.08. The van der Waals surface area contributed by atoms with Crippen LogP contribution < -0.4 is 4.90 Å². The highest BCUT2D eigenvalue weighted by Crippen LogP contribution is 2.30. The standard InChI is InChI=1S/C16H7NO4/c18-8-10-4-3-7-14(13(10)9-19)17-15(20)11-5-1-2-6-12(11)16(17)21/h1-7H. The van der Waals surface area contributed by atoms with E-state index in [1.807, 2.05) is 0 Å². The highest BCUT2D eigenvalue weighted by atomic mass is 16.2. The van der Waals surface area contributed by atoms with Crippen LogP contribution in [0.4, 0.5) is 5.69 Å². The number of imide groups is 1. The Balaban J connectivity index is 2.20. The van der Waals surface area contributed by atoms with Crippen LogP contribution in [0.5, 0.6) is 0 Å². The van der Waals surface area contributed by atoms with Crippen LogP contribution in [0.1, 0.15) is 31.8 Å². The molecule has 1 heterocycles. The summed E-state index contributed by atoms with van der Waals surface area (Å²) >= 11 is 0. The topological polar surface area (TPSA) is 71.5 Å². The van der Waals surface area contributed by atoms with Crippen molar-refractivity contribution in [1.29, 1.82) is 0 Å². The summed E-state index contributed by atoms with van der Waals surface area (Å²) in [5, 5.41) is 0. The van der Waals surface area contributed by atoms with Crippen LogP contribution in [0.2, 0.25) is 0 Å². The molecule has 2 aromatic carbocycles. The third kappa shape index (κ3) is 1.79. The number of hydrogen-bond donors (Lipinski definition) is 0. The van der Waals surface area contributed by atoms with Crippen molar-refractivity contribution in [3.8, 4) is 0 Å². The highest BCUT2D eigenvalue weighted by molar-refractivity contribution is 6.35. The van der Waals surface area contributed by atoms with Gasteiger partial charge in [-0.3, -0.25) is 19.2 Å². The molecule has 0 aliphatic carbocycles. The van der Waals surface area contributed by atoms with Gasteiger partial charge in [0, 0.05) is 5.56 Å². The van der Waals surface area contributed by atoms with Gasteiger partial charge in [-0.2, -0.15) is 0 Å². The average Bonchev–Trinajstić information content (AvgIpc) is 2.78. The lowest BCUT2D eigenvalue weighted by atomic mass is 10.1. The SMILES string of the molecule is O=[C]c1cccc(N2C(=O)c3ccccc3C2=O)c1[C]=O. The second-order valence-electron chi connectivity index (χ2n) is 4.40. The van der Waals surface area contributed by atoms with Gasteiger partial charge in [0.15, 0.2) is 0 Å². The Labute approximate surface area is 119 Å². The monoisotopic (exact) mass is 277 g/mol. The zero-order valence-electron chi connectivity index (χ0n) is 10.6. The molecule has 5 heteroatoms. The Morgan fingerprint density at radius 3 is 1.90 bits per heavy atom. The highest BCUT2D eigenvalue weighted by Gasteiger charge is 2.37. The van der Waals surface area contributed by atoms with E-state index in [0.717, 1.165) is 4.90 Å². The zero-order chi connectivity index (χ0) is 15.0. The number of carbonyl (C=O) groups is 2. The number of amides is 2. The Morgan fingerprint density at radius 1 is 0.762 bits per heavy atom. The molecule has 0 saturated heterocycles. The summed E-state index contributed by atoms with van der Waals surface area (Å²) < 4.78 is 0. The summed E-state index contributed by atoms with van der Waals surface area (Å²) in [6, 6.07) is 10.6. The molecule has 21 heavy (non-hydrogen) atoms. The zero-order valence-corrected chi connectivity index (χ0v) is 10.6. The van der Waals surface area contributed by atoms with Crippen molar-refractivity contribution in [2.24, 2.45) is 0 Å². The number of anilines is 1. The molecule has 0 saturated carbocycles. The summed E-state index contributed by atoms with van der Waals surface area (Å²) in [5.74, 6) is -1.06. The van der Waals surface area contributed by atoms with E-state index < -0.39 is 11.8 Å². The van der Waals surface area contributed by atoms with Gasteiger partial charge in [-0.05, 0) is 18.2 Å². The molecule has 0 N–H and O–H groups in total. The lowest BCUT2D eigenvalue weighted by Gasteiger charge is -2.16. The maximum Gasteiger partial charge on any atom is 0.266 e. The van der Waals surface area contributed by atoms with Gasteiger partial charge in [-0.15, -0.1) is 0 Å². The van der Waals surface area contributed by atoms with Gasteiger partial charge in [0.05, 0.1) is 22.4 Å². The molecule has 0 unspecified atom stereocenters. The van der Waals surface area contributed by atoms with Crippen LogP contribution in [0.3, 0.4) is 0 Å². The number of hydrogen-bond acceptors (Lipinski definition) is 4. The Kier molecular flexibility index (Phi) is 2.95. The van der Waals surface area contributed by atoms with Crippen LogP contribution in [-0.4, -0.2) is 24.4 Å². The van der Waals surface area contributed by atoms with Gasteiger partial charge in [0.1, 0.15) is 0 Å². The molecular formula is C16H7NO4. The van der Waals surface area contributed by atoms with Gasteiger partial charge in [0.25, 0.3) is 11.8 Å². The summed E-state index contributed by atoms with van der Waals surface area (Å²) in [7, 11) is 0. The summed E-state index contributed by atoms with van der Waals surface area (Å²) in [6.07, 6.45) is 3.20. The molecular weight excluding hydrogens is 270 g/mol. The van der Waals surface area contributed by atoms with Crippen LogP contribution in [0, 0.1) is 0 Å². The first-order chi connectivity index (χ1) is 10.2. The van der Waals surface area contributed by atoms with Crippen molar-refractivity contribution >= 4 is 30.1 Å². The van der Waals surface area contributed by atoms with E-state index in [4.69, 9.17) is 0 Å². The van der Waals surface area contributed by atoms with Gasteiger partial charge in [-0.25, -0.2) is 4.90 Å². The first-order valence-corrected chi connectivity index (χ1v) is 6.06. The second-order valence-corrected chi connectivity index (χ2v) is 4.40. The molecule has 3 rings (SSSR count). The third-order valence-electron chi connectivity index (χ3n) is 3.29. The molecule has 0 aromatic heterocycles. The number of carbonyl (C=O) groups excluding carboxylic acids is 4. The minimum Gasteiger partial charge on any atom is -0.285 e. The first kappa shape index (κ1) is 12.9. The largest absolute Gasteiger partial charge is 0.285 e. The molecule has 100 valence electrons. The second kappa shape index (κ2) is 4.79. The fraction of sp³-hybridized carbons (Fsp3) is 0. The molecule has 1 aliphatic rings. The van der Waals surface area contributed by atoms with Crippen molar-refractivity contribution in [3.05, 3.63) is 64.7 Å². The van der Waals surface area contributed by atoms with E-state index in [0.29, 0.717) is 0 Å². The fourth-order valence-electron chi connectivity index (χ4n) is 2.33. The fourth-order valence-corrected chi connectivity index (χ4v) is 2.33. The van der Waals surface area contributed by atoms with E-state index in [2.05, 4.69) is 0 Å². The van der Waals surface area contributed by atoms with Crippen molar-refractivity contribution < 1.29 is 19.2 Å². The quantitative estimate of drug-likeness (QED) is 0.795. The molecule has 2 amide bonds. The van der Waals surface area contributed by atoms with Crippen molar-refractivity contribution in [2.45, 2.75) is 0 Å². The molecule has 5 nitrogen and oxygen atoms in total. The lowest BCUT2D eigenvalue weighted by Crippen LogP contribution is -2.30. The van der Waals surface area contributed by atoms with Gasteiger partial charge < -0.3 is 0 Å². The predicted molar refractivity (Wildman–Crippen MR) is 73.6 cm³/mol. The minimum absolute atomic E-state index is 0.0389. The maximum atomic E-state index is 12.4. The van der Waals surface area contributed by atoms with Crippen LogP contribution in [0.15, 0.2) is 42.5 Å². The van der Waals surface area contributed by atoms with Gasteiger partial charge >= 0.3 is 0 Å². The minimum atomic E-state index is -0.532. The third-order valence-corrected chi connectivity index (χ3v) is 3.29. The number of benzene rings is 2. The molecule has 1 aliphatic heterocycles. The summed E-state index contributed by atoms with van der Waals surface area (Å²) in [5.41, 5.74) is 0.373. The number of nitrogens with zero attached hydrogens (tertiary/aromatic N) is 1. The maximum absolute atomic E-state index is 12.4. The van der Waals surface area contributed by atoms with Gasteiger partial charge in [-0.1, -0.05) is 24.3 Å². The van der Waals surface area contributed by atoms with Crippen LogP contribution in [0.25, 0.3) is 0 Å². The average molecular weight is 277 g/mol. The van der Waals surface area contributed by atoms with E-state index >= 15 is 0 Å². The molecule has 0 atom stereocenters. The van der Waals surface area contributed by atoms with Crippen LogP contribution in [-0.2, 0) is 9.59 Å². The lowest BCUT2D eigenvalue weighted by molar-refractivity contribution is 0.0926. The molecule has 2 aromatic rings. The Morgan fingerprint density at radius 2 is 1.38 bits per heavy atom. The number of fused-ring (bicyclic) bond motifs is 1. The van der Waals surface area contributed by atoms with E-state index in [9.17, 15) is 19.2 Å². The van der Waals surface area contributed by atoms with E-state index in [-0.39, 0.29) is 27.9 Å². The van der Waals surface area contributed by atoms with Crippen LogP contribution >= 0.6 is 0 Å². The van der Waals surface area contributed by atoms with Crippen molar-refractivity contribution in [2.75, 3.05) is 4.90 Å². The van der Waals surface area contributed by atoms with Gasteiger partial charge in [0.2, 0.25) is 12.6 Å². The van der Waals surface area contributed by atoms with Crippen molar-refractivity contribution in [1.82, 2.24) is 0 Å². The molecule has 0 bridgehead atoms. The Bertz CT molecular complexity index is 760. The molecule has 0 fully saturated rings. The normalized spacial score (nSPS) is 13.2.